The predicted molar refractivity (Wildman–Crippen MR) is 105 cm³/mol. The number of hydrogen-bond acceptors (Lipinski definition) is 4. The number of hydrogen-bond donors (Lipinski definition) is 2. The molecule has 3 N–H and O–H groups in total. The maximum atomic E-state index is 13.0. The highest BCUT2D eigenvalue weighted by molar-refractivity contribution is 5.85. The summed E-state index contributed by atoms with van der Waals surface area (Å²) in [5, 5.41) is 9.90. The molecule has 1 fully saturated rings. The lowest BCUT2D eigenvalue weighted by atomic mass is 9.78. The Kier molecular flexibility index (Phi) is 5.69. The second kappa shape index (κ2) is 7.84. The van der Waals surface area contributed by atoms with Gasteiger partial charge in [0.15, 0.2) is 0 Å². The molecular weight excluding hydrogens is 366 g/mol. The number of nitrogens with two attached hydrogens (primary N) is 1. The van der Waals surface area contributed by atoms with Crippen molar-refractivity contribution in [1.82, 2.24) is 9.47 Å². The van der Waals surface area contributed by atoms with Crippen LogP contribution in [0.3, 0.4) is 0 Å². The average molecular weight is 390 g/mol. The molecule has 2 aliphatic heterocycles. The van der Waals surface area contributed by atoms with Crippen molar-refractivity contribution in [2.75, 3.05) is 19.7 Å². The molecule has 2 aromatic rings. The standard InChI is InChI=1S/C20H23N3O3.ClH/c21-19(13-5-2-1-3-6-13)20(26)22-10-14-9-15(11-22)17(12-24)23-16(14)7-4-8-18(23)25;/h1-8,14-15,17,19,24H,9-12,21H2;1H/t14-,15+,17+,19-;/m1./s1. The number of fused-ring (bicyclic) bond motifs is 4. The van der Waals surface area contributed by atoms with E-state index in [0.29, 0.717) is 13.1 Å². The Hall–Kier alpha value is -2.15. The minimum Gasteiger partial charge on any atom is -0.394 e. The van der Waals surface area contributed by atoms with Crippen molar-refractivity contribution >= 4 is 18.3 Å². The van der Waals surface area contributed by atoms with Crippen LogP contribution in [0.2, 0.25) is 0 Å². The molecule has 27 heavy (non-hydrogen) atoms. The second-order valence-corrected chi connectivity index (χ2v) is 7.23. The average Bonchev–Trinajstić information content (AvgIpc) is 2.68. The lowest BCUT2D eigenvalue weighted by Crippen LogP contribution is -2.53. The lowest BCUT2D eigenvalue weighted by molar-refractivity contribution is -0.136. The fourth-order valence-electron chi connectivity index (χ4n) is 4.46. The van der Waals surface area contributed by atoms with Gasteiger partial charge >= 0.3 is 0 Å². The van der Waals surface area contributed by atoms with Crippen molar-refractivity contribution in [3.05, 3.63) is 70.1 Å². The Morgan fingerprint density at radius 3 is 2.59 bits per heavy atom. The number of pyridine rings is 1. The topological polar surface area (TPSA) is 88.6 Å². The molecule has 2 aliphatic rings. The number of rotatable bonds is 3. The smallest absolute Gasteiger partial charge is 0.251 e. The Labute approximate surface area is 164 Å². The van der Waals surface area contributed by atoms with Crippen molar-refractivity contribution in [3.8, 4) is 0 Å². The minimum absolute atomic E-state index is 0. The van der Waals surface area contributed by atoms with Gasteiger partial charge in [0.05, 0.1) is 12.6 Å². The summed E-state index contributed by atoms with van der Waals surface area (Å²) in [6.45, 7) is 0.959. The summed E-state index contributed by atoms with van der Waals surface area (Å²) in [7, 11) is 0. The molecule has 6 nitrogen and oxygen atoms in total. The molecule has 0 saturated carbocycles. The van der Waals surface area contributed by atoms with Gasteiger partial charge in [0.25, 0.3) is 5.56 Å². The van der Waals surface area contributed by atoms with E-state index in [2.05, 4.69) is 0 Å². The number of carbonyl (C=O) groups is 1. The molecule has 0 radical (unpaired) electrons. The first kappa shape index (κ1) is 19.6. The van der Waals surface area contributed by atoms with Gasteiger partial charge < -0.3 is 20.3 Å². The second-order valence-electron chi connectivity index (χ2n) is 7.23. The van der Waals surface area contributed by atoms with Crippen LogP contribution in [0, 0.1) is 5.92 Å². The number of aliphatic hydroxyl groups excluding tert-OH is 1. The quantitative estimate of drug-likeness (QED) is 0.831. The normalized spacial score (nSPS) is 24.5. The first-order chi connectivity index (χ1) is 12.6. The van der Waals surface area contributed by atoms with Gasteiger partial charge in [-0.3, -0.25) is 9.59 Å². The Morgan fingerprint density at radius 1 is 1.15 bits per heavy atom. The number of piperidine rings is 1. The van der Waals surface area contributed by atoms with E-state index < -0.39 is 6.04 Å². The molecule has 0 unspecified atom stereocenters. The molecule has 4 atom stereocenters. The van der Waals surface area contributed by atoms with E-state index in [1.54, 1.807) is 15.5 Å². The summed E-state index contributed by atoms with van der Waals surface area (Å²) in [5.74, 6) is 0.0463. The molecule has 144 valence electrons. The number of likely N-dealkylation sites (tertiary alicyclic amines) is 1. The van der Waals surface area contributed by atoms with E-state index in [9.17, 15) is 14.7 Å². The Bertz CT molecular complexity index is 870. The number of benzene rings is 1. The number of nitrogens with zero attached hydrogens (tertiary/aromatic N) is 2. The van der Waals surface area contributed by atoms with Gasteiger partial charge in [-0.25, -0.2) is 0 Å². The van der Waals surface area contributed by atoms with Crippen LogP contribution < -0.4 is 11.3 Å². The van der Waals surface area contributed by atoms with E-state index in [1.165, 1.54) is 6.07 Å². The van der Waals surface area contributed by atoms with E-state index >= 15 is 0 Å². The molecule has 1 amide bonds. The molecule has 0 aliphatic carbocycles. The van der Waals surface area contributed by atoms with Crippen LogP contribution in [-0.2, 0) is 4.79 Å². The van der Waals surface area contributed by atoms with Crippen molar-refractivity contribution < 1.29 is 9.90 Å². The fraction of sp³-hybridized carbons (Fsp3) is 0.400. The van der Waals surface area contributed by atoms with E-state index in [4.69, 9.17) is 5.73 Å². The third-order valence-electron chi connectivity index (χ3n) is 5.72. The van der Waals surface area contributed by atoms with E-state index in [0.717, 1.165) is 17.7 Å². The summed E-state index contributed by atoms with van der Waals surface area (Å²) in [5.41, 5.74) is 7.82. The van der Waals surface area contributed by atoms with Gasteiger partial charge in [0, 0.05) is 36.7 Å². The zero-order chi connectivity index (χ0) is 18.3. The molecule has 1 aromatic carbocycles. The summed E-state index contributed by atoms with van der Waals surface area (Å²) in [6.07, 6.45) is 0.874. The SMILES string of the molecule is Cl.N[C@@H](C(=O)N1C[C@H]2C[C@@H](C1)[C@H](CO)n1c2cccc1=O)c1ccccc1. The van der Waals surface area contributed by atoms with Crippen LogP contribution in [0.1, 0.15) is 35.7 Å². The predicted octanol–water partition coefficient (Wildman–Crippen LogP) is 1.45. The lowest BCUT2D eigenvalue weighted by Gasteiger charge is -2.47. The third-order valence-corrected chi connectivity index (χ3v) is 5.72. The summed E-state index contributed by atoms with van der Waals surface area (Å²) in [6, 6.07) is 13.6. The largest absolute Gasteiger partial charge is 0.394 e. The van der Waals surface area contributed by atoms with Gasteiger partial charge in [0.2, 0.25) is 5.91 Å². The molecule has 1 saturated heterocycles. The molecular formula is C20H24ClN3O3. The van der Waals surface area contributed by atoms with Crippen LogP contribution in [0.5, 0.6) is 0 Å². The molecule has 4 rings (SSSR count). The number of amides is 1. The first-order valence-corrected chi connectivity index (χ1v) is 9.01. The number of carbonyl (C=O) groups excluding carboxylic acids is 1. The van der Waals surface area contributed by atoms with Gasteiger partial charge in [-0.05, 0) is 18.1 Å². The summed E-state index contributed by atoms with van der Waals surface area (Å²) in [4.78, 5) is 27.1. The van der Waals surface area contributed by atoms with Crippen molar-refractivity contribution in [3.63, 3.8) is 0 Å². The van der Waals surface area contributed by atoms with Gasteiger partial charge in [-0.1, -0.05) is 36.4 Å². The summed E-state index contributed by atoms with van der Waals surface area (Å²) >= 11 is 0. The third kappa shape index (κ3) is 3.40. The van der Waals surface area contributed by atoms with Crippen LogP contribution in [-0.4, -0.2) is 40.2 Å². The highest BCUT2D eigenvalue weighted by atomic mass is 35.5. The van der Waals surface area contributed by atoms with Crippen LogP contribution in [0.15, 0.2) is 53.3 Å². The van der Waals surface area contributed by atoms with Gasteiger partial charge in [-0.15, -0.1) is 12.4 Å². The van der Waals surface area contributed by atoms with Gasteiger partial charge in [0.1, 0.15) is 6.04 Å². The van der Waals surface area contributed by atoms with E-state index in [-0.39, 0.29) is 48.4 Å². The Morgan fingerprint density at radius 2 is 1.89 bits per heavy atom. The van der Waals surface area contributed by atoms with Crippen LogP contribution in [0.4, 0.5) is 0 Å². The summed E-state index contributed by atoms with van der Waals surface area (Å²) < 4.78 is 1.72. The number of aliphatic hydroxyl groups is 1. The molecule has 1 aromatic heterocycles. The van der Waals surface area contributed by atoms with Gasteiger partial charge in [-0.2, -0.15) is 0 Å². The number of aromatic nitrogens is 1. The maximum Gasteiger partial charge on any atom is 0.251 e. The van der Waals surface area contributed by atoms with Crippen molar-refractivity contribution in [1.29, 1.82) is 0 Å². The fourth-order valence-corrected chi connectivity index (χ4v) is 4.46. The Balaban J connectivity index is 0.00000210. The molecule has 0 spiro atoms. The zero-order valence-corrected chi connectivity index (χ0v) is 15.7. The van der Waals surface area contributed by atoms with Crippen molar-refractivity contribution in [2.24, 2.45) is 11.7 Å². The monoisotopic (exact) mass is 389 g/mol. The maximum absolute atomic E-state index is 13.0. The minimum atomic E-state index is -0.694. The number of halogens is 1. The van der Waals surface area contributed by atoms with E-state index in [1.807, 2.05) is 36.4 Å². The molecule has 7 heteroatoms. The van der Waals surface area contributed by atoms with Crippen LogP contribution in [0.25, 0.3) is 0 Å². The molecule has 2 bridgehead atoms. The highest BCUT2D eigenvalue weighted by Gasteiger charge is 2.42. The zero-order valence-electron chi connectivity index (χ0n) is 14.9. The molecule has 3 heterocycles. The highest BCUT2D eigenvalue weighted by Crippen LogP contribution is 2.41. The first-order valence-electron chi connectivity index (χ1n) is 9.01. The van der Waals surface area contributed by atoms with Crippen LogP contribution >= 0.6 is 12.4 Å². The van der Waals surface area contributed by atoms with Crippen molar-refractivity contribution in [2.45, 2.75) is 24.4 Å².